The summed E-state index contributed by atoms with van der Waals surface area (Å²) in [6, 6.07) is 8.19. The van der Waals surface area contributed by atoms with Gasteiger partial charge in [-0.15, -0.1) is 0 Å². The number of para-hydroxylation sites is 1. The maximum absolute atomic E-state index is 10.9. The molecule has 0 amide bonds. The summed E-state index contributed by atoms with van der Waals surface area (Å²) in [6.45, 7) is 0. The zero-order valence-corrected chi connectivity index (χ0v) is 8.96. The third kappa shape index (κ3) is 2.74. The molecule has 0 saturated carbocycles. The Balaban J connectivity index is 0.00000128. The van der Waals surface area contributed by atoms with E-state index in [-0.39, 0.29) is 39.6 Å². The van der Waals surface area contributed by atoms with Gasteiger partial charge in [0.25, 0.3) is 10.1 Å². The minimum atomic E-state index is -4.32. The summed E-state index contributed by atoms with van der Waals surface area (Å²) in [5.74, 6) is 0. The van der Waals surface area contributed by atoms with Crippen LogP contribution in [-0.4, -0.2) is 47.5 Å². The maximum atomic E-state index is 10.9. The van der Waals surface area contributed by atoms with Gasteiger partial charge in [0.2, 0.25) is 0 Å². The van der Waals surface area contributed by atoms with Crippen molar-refractivity contribution in [1.29, 1.82) is 0 Å². The topological polar surface area (TPSA) is 67.3 Å². The van der Waals surface area contributed by atoms with Crippen LogP contribution in [-0.2, 0) is 10.1 Å². The van der Waals surface area contributed by atoms with Crippen LogP contribution in [0.5, 0.6) is 0 Å². The third-order valence-corrected chi connectivity index (χ3v) is 3.19. The molecule has 2 aromatic rings. The average Bonchev–Trinajstić information content (AvgIpc) is 2.15. The first-order valence-electron chi connectivity index (χ1n) is 4.01. The summed E-state index contributed by atoms with van der Waals surface area (Å²) >= 11 is 5.64. The standard InChI is InChI=1S/C9H6ClNO3S.Na.H/c10-9-8(15(12,13)14)5-6-3-1-2-4-7(6)11-9;;/h1-5H,(H,12,13,14);;. The van der Waals surface area contributed by atoms with E-state index in [0.29, 0.717) is 10.9 Å². The number of halogens is 1. The first kappa shape index (κ1) is 13.9. The Kier molecular flexibility index (Phi) is 4.34. The summed E-state index contributed by atoms with van der Waals surface area (Å²) in [5.41, 5.74) is 0.579. The Labute approximate surface area is 120 Å². The molecule has 0 aliphatic rings. The van der Waals surface area contributed by atoms with E-state index in [1.807, 2.05) is 0 Å². The van der Waals surface area contributed by atoms with E-state index in [9.17, 15) is 8.42 Å². The van der Waals surface area contributed by atoms with Crippen molar-refractivity contribution in [3.05, 3.63) is 35.5 Å². The van der Waals surface area contributed by atoms with Crippen LogP contribution in [0.3, 0.4) is 0 Å². The quantitative estimate of drug-likeness (QED) is 0.483. The van der Waals surface area contributed by atoms with Crippen LogP contribution in [0.4, 0.5) is 0 Å². The van der Waals surface area contributed by atoms with Crippen molar-refractivity contribution in [3.63, 3.8) is 0 Å². The molecular weight excluding hydrogens is 261 g/mol. The number of fused-ring (bicyclic) bond motifs is 1. The molecule has 0 bridgehead atoms. The molecule has 0 atom stereocenters. The minimum absolute atomic E-state index is 0. The molecular formula is C9H7ClNNaO3S. The molecule has 0 aliphatic heterocycles. The number of aromatic nitrogens is 1. The Hall–Kier alpha value is -0.170. The molecule has 80 valence electrons. The van der Waals surface area contributed by atoms with Crippen LogP contribution in [0.2, 0.25) is 5.15 Å². The van der Waals surface area contributed by atoms with Crippen molar-refractivity contribution in [3.8, 4) is 0 Å². The fourth-order valence-electron chi connectivity index (χ4n) is 1.25. The Morgan fingerprint density at radius 3 is 2.50 bits per heavy atom. The normalized spacial score (nSPS) is 11.1. The first-order chi connectivity index (χ1) is 6.98. The molecule has 0 radical (unpaired) electrons. The van der Waals surface area contributed by atoms with Gasteiger partial charge in [-0.3, -0.25) is 4.55 Å². The van der Waals surface area contributed by atoms with Crippen molar-refractivity contribution in [1.82, 2.24) is 4.98 Å². The van der Waals surface area contributed by atoms with Crippen molar-refractivity contribution < 1.29 is 13.0 Å². The number of pyridine rings is 1. The zero-order valence-electron chi connectivity index (χ0n) is 7.38. The fourth-order valence-corrected chi connectivity index (χ4v) is 2.23. The number of nitrogens with zero attached hydrogens (tertiary/aromatic N) is 1. The van der Waals surface area contributed by atoms with Gasteiger partial charge >= 0.3 is 29.6 Å². The average molecular weight is 268 g/mol. The van der Waals surface area contributed by atoms with Gasteiger partial charge in [-0.05, 0) is 12.1 Å². The van der Waals surface area contributed by atoms with Crippen LogP contribution in [0.15, 0.2) is 35.2 Å². The van der Waals surface area contributed by atoms with Crippen LogP contribution < -0.4 is 0 Å². The van der Waals surface area contributed by atoms with E-state index in [4.69, 9.17) is 16.2 Å². The van der Waals surface area contributed by atoms with Gasteiger partial charge in [-0.25, -0.2) is 4.98 Å². The molecule has 0 aliphatic carbocycles. The number of hydrogen-bond acceptors (Lipinski definition) is 3. The molecule has 0 spiro atoms. The molecule has 1 heterocycles. The van der Waals surface area contributed by atoms with E-state index >= 15 is 0 Å². The third-order valence-electron chi connectivity index (χ3n) is 1.92. The molecule has 7 heteroatoms. The second kappa shape index (κ2) is 5.00. The number of hydrogen-bond donors (Lipinski definition) is 1. The molecule has 2 rings (SSSR count). The van der Waals surface area contributed by atoms with E-state index in [1.54, 1.807) is 24.3 Å². The summed E-state index contributed by atoms with van der Waals surface area (Å²) in [6.07, 6.45) is 0. The fraction of sp³-hybridized carbons (Fsp3) is 0. The van der Waals surface area contributed by atoms with Gasteiger partial charge < -0.3 is 0 Å². The molecule has 0 fully saturated rings. The Morgan fingerprint density at radius 2 is 1.88 bits per heavy atom. The summed E-state index contributed by atoms with van der Waals surface area (Å²) in [5, 5.41) is 0.380. The van der Waals surface area contributed by atoms with Gasteiger partial charge in [0.1, 0.15) is 4.90 Å². The number of benzene rings is 1. The molecule has 1 aromatic heterocycles. The SMILES string of the molecule is O=S(=O)(O)c1cc2ccccc2nc1Cl.[NaH]. The molecule has 16 heavy (non-hydrogen) atoms. The van der Waals surface area contributed by atoms with Gasteiger partial charge in [0.15, 0.2) is 5.15 Å². The second-order valence-corrected chi connectivity index (χ2v) is 4.69. The number of rotatable bonds is 1. The van der Waals surface area contributed by atoms with Crippen LogP contribution in [0.1, 0.15) is 0 Å². The van der Waals surface area contributed by atoms with Gasteiger partial charge in [0, 0.05) is 5.39 Å². The van der Waals surface area contributed by atoms with Crippen molar-refractivity contribution >= 4 is 62.2 Å². The second-order valence-electron chi connectivity index (χ2n) is 2.95. The first-order valence-corrected chi connectivity index (χ1v) is 5.83. The van der Waals surface area contributed by atoms with Gasteiger partial charge in [0.05, 0.1) is 5.52 Å². The van der Waals surface area contributed by atoms with Gasteiger partial charge in [-0.1, -0.05) is 29.8 Å². The molecule has 1 N–H and O–H groups in total. The van der Waals surface area contributed by atoms with E-state index in [2.05, 4.69) is 4.98 Å². The van der Waals surface area contributed by atoms with E-state index < -0.39 is 10.1 Å². The summed E-state index contributed by atoms with van der Waals surface area (Å²) in [7, 11) is -4.32. The molecule has 0 saturated heterocycles. The van der Waals surface area contributed by atoms with Crippen molar-refractivity contribution in [2.45, 2.75) is 4.90 Å². The van der Waals surface area contributed by atoms with Crippen LogP contribution >= 0.6 is 11.6 Å². The van der Waals surface area contributed by atoms with Crippen LogP contribution in [0, 0.1) is 0 Å². The molecule has 1 aromatic carbocycles. The van der Waals surface area contributed by atoms with Gasteiger partial charge in [-0.2, -0.15) is 8.42 Å². The Morgan fingerprint density at radius 1 is 1.25 bits per heavy atom. The van der Waals surface area contributed by atoms with Crippen molar-refractivity contribution in [2.75, 3.05) is 0 Å². The van der Waals surface area contributed by atoms with E-state index in [1.165, 1.54) is 6.07 Å². The summed E-state index contributed by atoms with van der Waals surface area (Å²) < 4.78 is 30.7. The summed E-state index contributed by atoms with van der Waals surface area (Å²) in [4.78, 5) is 3.50. The Bertz CT molecular complexity index is 630. The van der Waals surface area contributed by atoms with Crippen molar-refractivity contribution in [2.24, 2.45) is 0 Å². The zero-order chi connectivity index (χ0) is 11.1. The van der Waals surface area contributed by atoms with E-state index in [0.717, 1.165) is 0 Å². The molecule has 4 nitrogen and oxygen atoms in total. The predicted octanol–water partition coefficient (Wildman–Crippen LogP) is 1.49. The molecule has 0 unspecified atom stereocenters. The predicted molar refractivity (Wildman–Crippen MR) is 63.7 cm³/mol. The monoisotopic (exact) mass is 267 g/mol. The van der Waals surface area contributed by atoms with Crippen LogP contribution in [0.25, 0.3) is 10.9 Å².